The van der Waals surface area contributed by atoms with Crippen LogP contribution in [-0.4, -0.2) is 42.2 Å². The topological polar surface area (TPSA) is 56.7 Å². The van der Waals surface area contributed by atoms with Gasteiger partial charge >= 0.3 is 0 Å². The van der Waals surface area contributed by atoms with E-state index in [1.54, 1.807) is 24.2 Å². The number of anilines is 2. The molecular formula is C21H26FN3O2. The molecule has 1 unspecified atom stereocenters. The Labute approximate surface area is 159 Å². The molecule has 6 heteroatoms. The Kier molecular flexibility index (Phi) is 5.46. The molecule has 1 saturated heterocycles. The summed E-state index contributed by atoms with van der Waals surface area (Å²) in [5, 5.41) is 9.83. The zero-order valence-corrected chi connectivity index (χ0v) is 16.2. The molecule has 1 N–H and O–H groups in total. The van der Waals surface area contributed by atoms with Gasteiger partial charge in [-0.05, 0) is 42.7 Å². The van der Waals surface area contributed by atoms with Crippen molar-refractivity contribution in [3.8, 4) is 11.1 Å². The predicted octanol–water partition coefficient (Wildman–Crippen LogP) is 3.39. The average molecular weight is 371 g/mol. The van der Waals surface area contributed by atoms with Crippen LogP contribution in [0.25, 0.3) is 11.1 Å². The Morgan fingerprint density at radius 3 is 2.67 bits per heavy atom. The molecule has 1 amide bonds. The van der Waals surface area contributed by atoms with E-state index in [2.05, 4.69) is 4.98 Å². The van der Waals surface area contributed by atoms with E-state index in [1.165, 1.54) is 12.1 Å². The third-order valence-corrected chi connectivity index (χ3v) is 5.02. The number of hydrogen-bond donors (Lipinski definition) is 1. The van der Waals surface area contributed by atoms with Gasteiger partial charge in [0.2, 0.25) is 5.91 Å². The van der Waals surface area contributed by atoms with Crippen molar-refractivity contribution in [2.24, 2.45) is 5.92 Å². The van der Waals surface area contributed by atoms with Crippen molar-refractivity contribution in [2.45, 2.75) is 33.3 Å². The molecule has 3 rings (SSSR count). The van der Waals surface area contributed by atoms with E-state index in [4.69, 9.17) is 0 Å². The number of halogens is 1. The highest BCUT2D eigenvalue weighted by atomic mass is 19.1. The number of hydrogen-bond acceptors (Lipinski definition) is 4. The largest absolute Gasteiger partial charge is 0.391 e. The van der Waals surface area contributed by atoms with E-state index in [0.717, 1.165) is 29.1 Å². The van der Waals surface area contributed by atoms with Crippen molar-refractivity contribution in [1.82, 2.24) is 4.98 Å². The summed E-state index contributed by atoms with van der Waals surface area (Å²) < 4.78 is 13.6. The first kappa shape index (κ1) is 19.3. The molecule has 1 aliphatic heterocycles. The Balaban J connectivity index is 2.11. The number of aliphatic hydroxyl groups is 1. The molecule has 0 bridgehead atoms. The summed E-state index contributed by atoms with van der Waals surface area (Å²) in [5.74, 6) is 0.300. The second-order valence-corrected chi connectivity index (χ2v) is 7.46. The van der Waals surface area contributed by atoms with Crippen molar-refractivity contribution >= 4 is 17.4 Å². The molecule has 2 aromatic rings. The molecule has 27 heavy (non-hydrogen) atoms. The lowest BCUT2D eigenvalue weighted by Crippen LogP contribution is -2.31. The van der Waals surface area contributed by atoms with E-state index in [0.29, 0.717) is 18.7 Å². The number of nitrogens with zero attached hydrogens (tertiary/aromatic N) is 3. The van der Waals surface area contributed by atoms with Crippen molar-refractivity contribution < 1.29 is 14.3 Å². The second kappa shape index (κ2) is 7.64. The molecule has 1 aliphatic rings. The van der Waals surface area contributed by atoms with Gasteiger partial charge in [0.05, 0.1) is 18.0 Å². The molecule has 2 heterocycles. The third kappa shape index (κ3) is 3.95. The zero-order chi connectivity index (χ0) is 19.7. The van der Waals surface area contributed by atoms with Crippen LogP contribution in [0.2, 0.25) is 0 Å². The number of pyridine rings is 1. The first-order chi connectivity index (χ1) is 12.8. The number of rotatable bonds is 4. The molecule has 0 spiro atoms. The lowest BCUT2D eigenvalue weighted by atomic mass is 9.99. The number of β-amino-alcohol motifs (C(OH)–C–C–N with tert-alkyl or cyclic N) is 1. The monoisotopic (exact) mass is 371 g/mol. The van der Waals surface area contributed by atoms with Crippen LogP contribution in [0, 0.1) is 18.7 Å². The standard InChI is InChI=1S/C21H26FN3O2/c1-13(2)21(27)24(4)19-11-23-20(25-8-7-16(26)12-25)10-18(19)17-6-5-15(22)9-14(17)3/h5-6,9-11,13,16,26H,7-8,12H2,1-4H3. The van der Waals surface area contributed by atoms with Gasteiger partial charge in [0.15, 0.2) is 0 Å². The Bertz CT molecular complexity index is 853. The highest BCUT2D eigenvalue weighted by molar-refractivity contribution is 5.98. The van der Waals surface area contributed by atoms with Crippen molar-refractivity contribution in [1.29, 1.82) is 0 Å². The Morgan fingerprint density at radius 2 is 2.07 bits per heavy atom. The summed E-state index contributed by atoms with van der Waals surface area (Å²) in [7, 11) is 1.74. The number of carbonyl (C=O) groups excluding carboxylic acids is 1. The van der Waals surface area contributed by atoms with Crippen LogP contribution in [-0.2, 0) is 4.79 Å². The fourth-order valence-corrected chi connectivity index (χ4v) is 3.48. The SMILES string of the molecule is Cc1cc(F)ccc1-c1cc(N2CCC(O)C2)ncc1N(C)C(=O)C(C)C. The number of amides is 1. The van der Waals surface area contributed by atoms with Crippen LogP contribution < -0.4 is 9.80 Å². The summed E-state index contributed by atoms with van der Waals surface area (Å²) in [4.78, 5) is 20.7. The molecule has 0 aliphatic carbocycles. The number of aryl methyl sites for hydroxylation is 1. The van der Waals surface area contributed by atoms with E-state index in [1.807, 2.05) is 31.7 Å². The minimum Gasteiger partial charge on any atom is -0.391 e. The number of aliphatic hydroxyl groups excluding tert-OH is 1. The fraction of sp³-hybridized carbons (Fsp3) is 0.429. The van der Waals surface area contributed by atoms with Crippen LogP contribution in [0.4, 0.5) is 15.9 Å². The maximum Gasteiger partial charge on any atom is 0.229 e. The summed E-state index contributed by atoms with van der Waals surface area (Å²) in [5.41, 5.74) is 3.17. The molecule has 1 aromatic carbocycles. The molecule has 1 atom stereocenters. The fourth-order valence-electron chi connectivity index (χ4n) is 3.48. The molecular weight excluding hydrogens is 345 g/mol. The molecule has 1 fully saturated rings. The highest BCUT2D eigenvalue weighted by Crippen LogP contribution is 2.36. The first-order valence-corrected chi connectivity index (χ1v) is 9.25. The van der Waals surface area contributed by atoms with Crippen molar-refractivity contribution in [3.63, 3.8) is 0 Å². The Hall–Kier alpha value is -2.47. The summed E-state index contributed by atoms with van der Waals surface area (Å²) in [6.07, 6.45) is 2.05. The minimum atomic E-state index is -0.354. The van der Waals surface area contributed by atoms with Crippen LogP contribution in [0.1, 0.15) is 25.8 Å². The van der Waals surface area contributed by atoms with Gasteiger partial charge in [0.1, 0.15) is 11.6 Å². The maximum absolute atomic E-state index is 13.6. The minimum absolute atomic E-state index is 0.0119. The molecule has 0 saturated carbocycles. The van der Waals surface area contributed by atoms with Gasteiger partial charge in [-0.15, -0.1) is 0 Å². The molecule has 144 valence electrons. The summed E-state index contributed by atoms with van der Waals surface area (Å²) in [6.45, 7) is 6.83. The molecule has 0 radical (unpaired) electrons. The van der Waals surface area contributed by atoms with Crippen LogP contribution in [0.5, 0.6) is 0 Å². The average Bonchev–Trinajstić information content (AvgIpc) is 3.06. The highest BCUT2D eigenvalue weighted by Gasteiger charge is 2.24. The second-order valence-electron chi connectivity index (χ2n) is 7.46. The quantitative estimate of drug-likeness (QED) is 0.895. The lowest BCUT2D eigenvalue weighted by Gasteiger charge is -2.25. The zero-order valence-electron chi connectivity index (χ0n) is 16.2. The first-order valence-electron chi connectivity index (χ1n) is 9.25. The maximum atomic E-state index is 13.6. The number of carbonyl (C=O) groups is 1. The van der Waals surface area contributed by atoms with Crippen LogP contribution >= 0.6 is 0 Å². The number of benzene rings is 1. The Morgan fingerprint density at radius 1 is 1.33 bits per heavy atom. The predicted molar refractivity (Wildman–Crippen MR) is 105 cm³/mol. The summed E-state index contributed by atoms with van der Waals surface area (Å²) in [6, 6.07) is 6.58. The normalized spacial score (nSPS) is 16.9. The smallest absolute Gasteiger partial charge is 0.229 e. The van der Waals surface area contributed by atoms with Gasteiger partial charge in [-0.1, -0.05) is 19.9 Å². The van der Waals surface area contributed by atoms with Gasteiger partial charge in [0, 0.05) is 31.6 Å². The van der Waals surface area contributed by atoms with E-state index in [9.17, 15) is 14.3 Å². The van der Waals surface area contributed by atoms with Gasteiger partial charge in [-0.2, -0.15) is 0 Å². The molecule has 5 nitrogen and oxygen atoms in total. The van der Waals surface area contributed by atoms with Gasteiger partial charge < -0.3 is 14.9 Å². The molecule has 1 aromatic heterocycles. The summed E-state index contributed by atoms with van der Waals surface area (Å²) >= 11 is 0. The van der Waals surface area contributed by atoms with E-state index < -0.39 is 0 Å². The number of aromatic nitrogens is 1. The van der Waals surface area contributed by atoms with Crippen LogP contribution in [0.3, 0.4) is 0 Å². The third-order valence-electron chi connectivity index (χ3n) is 5.02. The van der Waals surface area contributed by atoms with Crippen molar-refractivity contribution in [2.75, 3.05) is 29.9 Å². The van der Waals surface area contributed by atoms with Gasteiger partial charge in [-0.3, -0.25) is 4.79 Å². The lowest BCUT2D eigenvalue weighted by molar-refractivity contribution is -0.121. The van der Waals surface area contributed by atoms with E-state index in [-0.39, 0.29) is 23.7 Å². The van der Waals surface area contributed by atoms with Crippen LogP contribution in [0.15, 0.2) is 30.5 Å². The van der Waals surface area contributed by atoms with Crippen molar-refractivity contribution in [3.05, 3.63) is 41.8 Å². The van der Waals surface area contributed by atoms with Gasteiger partial charge in [0.25, 0.3) is 0 Å². The van der Waals surface area contributed by atoms with Gasteiger partial charge in [-0.25, -0.2) is 9.37 Å². The van der Waals surface area contributed by atoms with E-state index >= 15 is 0 Å².